The molecule has 0 spiro atoms. The molecule has 106 valence electrons. The number of rotatable bonds is 6. The summed E-state index contributed by atoms with van der Waals surface area (Å²) < 4.78 is 0.456. The lowest BCUT2D eigenvalue weighted by molar-refractivity contribution is 0.0696. The van der Waals surface area contributed by atoms with E-state index in [2.05, 4.69) is 34.4 Å². The fourth-order valence-electron chi connectivity index (χ4n) is 1.52. The maximum Gasteiger partial charge on any atom is 0.336 e. The lowest BCUT2D eigenvalue weighted by Gasteiger charge is -2.20. The summed E-state index contributed by atoms with van der Waals surface area (Å²) in [5.41, 5.74) is 0.496. The highest BCUT2D eigenvalue weighted by Crippen LogP contribution is 2.21. The van der Waals surface area contributed by atoms with Gasteiger partial charge in [0, 0.05) is 23.2 Å². The summed E-state index contributed by atoms with van der Waals surface area (Å²) in [5.74, 6) is -1.07. The molecular weight excluding hydrogens is 324 g/mol. The van der Waals surface area contributed by atoms with E-state index < -0.39 is 5.97 Å². The molecule has 0 atom stereocenters. The largest absolute Gasteiger partial charge is 0.478 e. The van der Waals surface area contributed by atoms with Crippen molar-refractivity contribution in [1.29, 1.82) is 0 Å². The van der Waals surface area contributed by atoms with Crippen LogP contribution in [0.25, 0.3) is 0 Å². The molecule has 2 N–H and O–H groups in total. The lowest BCUT2D eigenvalue weighted by atomic mass is 10.2. The van der Waals surface area contributed by atoms with Gasteiger partial charge in [-0.1, -0.05) is 12.2 Å². The summed E-state index contributed by atoms with van der Waals surface area (Å²) in [4.78, 5) is 24.5. The van der Waals surface area contributed by atoms with Crippen molar-refractivity contribution < 1.29 is 14.7 Å². The standard InChI is InChI=1S/C14H15BrN2O3/c1-3-7-17(8-4-2)14(20)16-10-5-6-12(15)11(9-10)13(18)19/h3-6,9H,1-2,7-8H2,(H,16,20)(H,18,19). The second-order valence-corrected chi connectivity index (χ2v) is 4.77. The molecule has 0 aliphatic carbocycles. The number of amides is 2. The van der Waals surface area contributed by atoms with E-state index in [4.69, 9.17) is 5.11 Å². The summed E-state index contributed by atoms with van der Waals surface area (Å²) >= 11 is 3.15. The number of anilines is 1. The number of carbonyl (C=O) groups is 2. The van der Waals surface area contributed by atoms with E-state index in [9.17, 15) is 9.59 Å². The molecule has 0 aliphatic heterocycles. The number of carboxylic acid groups (broad SMARTS) is 1. The monoisotopic (exact) mass is 338 g/mol. The van der Waals surface area contributed by atoms with Crippen molar-refractivity contribution in [3.8, 4) is 0 Å². The number of carboxylic acids is 1. The van der Waals surface area contributed by atoms with E-state index in [0.717, 1.165) is 0 Å². The van der Waals surface area contributed by atoms with Crippen molar-refractivity contribution in [1.82, 2.24) is 4.90 Å². The lowest BCUT2D eigenvalue weighted by Crippen LogP contribution is -2.35. The zero-order valence-electron chi connectivity index (χ0n) is 10.8. The van der Waals surface area contributed by atoms with Crippen LogP contribution in [0.15, 0.2) is 48.0 Å². The van der Waals surface area contributed by atoms with Gasteiger partial charge >= 0.3 is 12.0 Å². The topological polar surface area (TPSA) is 69.6 Å². The van der Waals surface area contributed by atoms with Crippen molar-refractivity contribution in [3.63, 3.8) is 0 Å². The van der Waals surface area contributed by atoms with E-state index in [1.54, 1.807) is 24.3 Å². The number of hydrogen-bond acceptors (Lipinski definition) is 2. The molecule has 0 unspecified atom stereocenters. The normalized spacial score (nSPS) is 9.65. The van der Waals surface area contributed by atoms with Crippen LogP contribution >= 0.6 is 15.9 Å². The quantitative estimate of drug-likeness (QED) is 0.781. The van der Waals surface area contributed by atoms with E-state index in [-0.39, 0.29) is 11.6 Å². The second-order valence-electron chi connectivity index (χ2n) is 3.91. The number of hydrogen-bond donors (Lipinski definition) is 2. The Labute approximate surface area is 125 Å². The maximum atomic E-state index is 12.0. The molecule has 20 heavy (non-hydrogen) atoms. The van der Waals surface area contributed by atoms with Crippen molar-refractivity contribution in [2.75, 3.05) is 18.4 Å². The van der Waals surface area contributed by atoms with Crippen molar-refractivity contribution in [2.24, 2.45) is 0 Å². The first kappa shape index (κ1) is 16.0. The second kappa shape index (κ2) is 7.49. The smallest absolute Gasteiger partial charge is 0.336 e. The van der Waals surface area contributed by atoms with Crippen LogP contribution in [0.5, 0.6) is 0 Å². The first-order chi connectivity index (χ1) is 9.49. The van der Waals surface area contributed by atoms with Crippen LogP contribution in [0.1, 0.15) is 10.4 Å². The Kier molecular flexibility index (Phi) is 5.99. The molecule has 6 heteroatoms. The van der Waals surface area contributed by atoms with Gasteiger partial charge in [0.05, 0.1) is 5.56 Å². The van der Waals surface area contributed by atoms with Crippen LogP contribution in [0.4, 0.5) is 10.5 Å². The van der Waals surface area contributed by atoms with Gasteiger partial charge in [0.2, 0.25) is 0 Å². The van der Waals surface area contributed by atoms with E-state index in [1.807, 2.05) is 0 Å². The Bertz CT molecular complexity index is 533. The van der Waals surface area contributed by atoms with Gasteiger partial charge in [0.15, 0.2) is 0 Å². The predicted molar refractivity (Wildman–Crippen MR) is 82.1 cm³/mol. The molecule has 1 aromatic rings. The number of carbonyl (C=O) groups excluding carboxylic acids is 1. The third-order valence-electron chi connectivity index (χ3n) is 2.43. The predicted octanol–water partition coefficient (Wildman–Crippen LogP) is 3.35. The summed E-state index contributed by atoms with van der Waals surface area (Å²) in [6.45, 7) is 7.91. The van der Waals surface area contributed by atoms with Crippen LogP contribution < -0.4 is 5.32 Å². The number of urea groups is 1. The number of benzene rings is 1. The minimum absolute atomic E-state index is 0.0850. The minimum Gasteiger partial charge on any atom is -0.478 e. The van der Waals surface area contributed by atoms with Gasteiger partial charge in [-0.15, -0.1) is 13.2 Å². The Balaban J connectivity index is 2.89. The fraction of sp³-hybridized carbons (Fsp3) is 0.143. The van der Waals surface area contributed by atoms with Crippen molar-refractivity contribution in [3.05, 3.63) is 53.5 Å². The molecule has 0 aliphatic rings. The van der Waals surface area contributed by atoms with E-state index in [1.165, 1.54) is 11.0 Å². The van der Waals surface area contributed by atoms with Gasteiger partial charge in [-0.25, -0.2) is 9.59 Å². The van der Waals surface area contributed by atoms with Gasteiger partial charge in [-0.05, 0) is 34.1 Å². The third-order valence-corrected chi connectivity index (χ3v) is 3.13. The molecule has 0 radical (unpaired) electrons. The highest BCUT2D eigenvalue weighted by atomic mass is 79.9. The molecule has 1 aromatic carbocycles. The van der Waals surface area contributed by atoms with Crippen LogP contribution in [0, 0.1) is 0 Å². The Morgan fingerprint density at radius 1 is 1.30 bits per heavy atom. The Morgan fingerprint density at radius 3 is 2.40 bits per heavy atom. The zero-order chi connectivity index (χ0) is 15.1. The summed E-state index contributed by atoms with van der Waals surface area (Å²) in [6.07, 6.45) is 3.21. The maximum absolute atomic E-state index is 12.0. The third kappa shape index (κ3) is 4.24. The average Bonchev–Trinajstić information content (AvgIpc) is 2.40. The number of nitrogens with one attached hydrogen (secondary N) is 1. The first-order valence-corrected chi connectivity index (χ1v) is 6.59. The molecule has 1 rings (SSSR count). The van der Waals surface area contributed by atoms with Crippen LogP contribution in [0.2, 0.25) is 0 Å². The summed E-state index contributed by atoms with van der Waals surface area (Å²) in [6, 6.07) is 4.24. The van der Waals surface area contributed by atoms with Gasteiger partial charge in [-0.3, -0.25) is 0 Å². The molecule has 0 aromatic heterocycles. The minimum atomic E-state index is -1.07. The average molecular weight is 339 g/mol. The number of nitrogens with zero attached hydrogens (tertiary/aromatic N) is 1. The molecule has 0 saturated heterocycles. The van der Waals surface area contributed by atoms with Gasteiger partial charge in [-0.2, -0.15) is 0 Å². The molecule has 5 nitrogen and oxygen atoms in total. The van der Waals surface area contributed by atoms with Crippen LogP contribution in [-0.2, 0) is 0 Å². The molecule has 0 heterocycles. The Hall–Kier alpha value is -2.08. The summed E-state index contributed by atoms with van der Waals surface area (Å²) in [7, 11) is 0. The van der Waals surface area contributed by atoms with Crippen LogP contribution in [0.3, 0.4) is 0 Å². The highest BCUT2D eigenvalue weighted by Gasteiger charge is 2.13. The molecule has 0 saturated carbocycles. The highest BCUT2D eigenvalue weighted by molar-refractivity contribution is 9.10. The fourth-order valence-corrected chi connectivity index (χ4v) is 1.94. The van der Waals surface area contributed by atoms with E-state index >= 15 is 0 Å². The number of halogens is 1. The molecule has 2 amide bonds. The van der Waals surface area contributed by atoms with Crippen molar-refractivity contribution in [2.45, 2.75) is 0 Å². The van der Waals surface area contributed by atoms with E-state index in [0.29, 0.717) is 23.2 Å². The molecule has 0 fully saturated rings. The Morgan fingerprint density at radius 2 is 1.90 bits per heavy atom. The van der Waals surface area contributed by atoms with Gasteiger partial charge in [0.25, 0.3) is 0 Å². The number of aromatic carboxylic acids is 1. The molecule has 0 bridgehead atoms. The van der Waals surface area contributed by atoms with Gasteiger partial charge in [0.1, 0.15) is 0 Å². The van der Waals surface area contributed by atoms with Crippen LogP contribution in [-0.4, -0.2) is 35.1 Å². The first-order valence-electron chi connectivity index (χ1n) is 5.80. The van der Waals surface area contributed by atoms with Crippen molar-refractivity contribution >= 4 is 33.6 Å². The summed E-state index contributed by atoms with van der Waals surface area (Å²) in [5, 5.41) is 11.7. The van der Waals surface area contributed by atoms with Gasteiger partial charge < -0.3 is 15.3 Å². The molecular formula is C14H15BrN2O3. The SMILES string of the molecule is C=CCN(CC=C)C(=O)Nc1ccc(Br)c(C(=O)O)c1. The zero-order valence-corrected chi connectivity index (χ0v) is 12.4.